The Balaban J connectivity index is 1.83. The van der Waals surface area contributed by atoms with Crippen molar-refractivity contribution in [2.75, 3.05) is 0 Å². The number of hydrogen-bond acceptors (Lipinski definition) is 2. The molecule has 96 valence electrons. The third kappa shape index (κ3) is 4.19. The lowest BCUT2D eigenvalue weighted by atomic mass is 10.1. The molecule has 1 nitrogen and oxygen atoms in total. The van der Waals surface area contributed by atoms with Gasteiger partial charge in [0.2, 0.25) is 0 Å². The van der Waals surface area contributed by atoms with E-state index in [0.29, 0.717) is 6.04 Å². The van der Waals surface area contributed by atoms with E-state index < -0.39 is 0 Å². The first-order chi connectivity index (χ1) is 8.65. The van der Waals surface area contributed by atoms with Gasteiger partial charge in [-0.2, -0.15) is 0 Å². The second-order valence-corrected chi connectivity index (χ2v) is 7.07. The summed E-state index contributed by atoms with van der Waals surface area (Å²) >= 11 is 8.80. The third-order valence-corrected chi connectivity index (χ3v) is 5.21. The first-order valence-electron chi connectivity index (χ1n) is 5.85. The summed E-state index contributed by atoms with van der Waals surface area (Å²) in [6.07, 6.45) is 1.05. The van der Waals surface area contributed by atoms with Gasteiger partial charge in [-0.05, 0) is 58.4 Å². The molecule has 0 saturated heterocycles. The highest BCUT2D eigenvalue weighted by molar-refractivity contribution is 9.10. The molecule has 1 aromatic heterocycles. The van der Waals surface area contributed by atoms with Gasteiger partial charge in [0.05, 0.1) is 0 Å². The highest BCUT2D eigenvalue weighted by atomic mass is 79.9. The Morgan fingerprint density at radius 3 is 2.50 bits per heavy atom. The van der Waals surface area contributed by atoms with Crippen molar-refractivity contribution in [3.8, 4) is 0 Å². The molecule has 1 N–H and O–H groups in total. The summed E-state index contributed by atoms with van der Waals surface area (Å²) in [6, 6.07) is 11.1. The maximum Gasteiger partial charge on any atom is 0.0327 e. The predicted molar refractivity (Wildman–Crippen MR) is 86.2 cm³/mol. The smallest absolute Gasteiger partial charge is 0.0327 e. The van der Waals surface area contributed by atoms with Crippen LogP contribution in [0.15, 0.2) is 44.7 Å². The van der Waals surface area contributed by atoms with Gasteiger partial charge in [-0.1, -0.05) is 28.1 Å². The molecule has 1 unspecified atom stereocenters. The molecule has 0 radical (unpaired) electrons. The first kappa shape index (κ1) is 14.3. The predicted octanol–water partition coefficient (Wildman–Crippen LogP) is 4.99. The monoisotopic (exact) mass is 387 g/mol. The maximum atomic E-state index is 3.56. The molecular weight excluding hydrogens is 374 g/mol. The lowest BCUT2D eigenvalue weighted by Crippen LogP contribution is -2.27. The summed E-state index contributed by atoms with van der Waals surface area (Å²) < 4.78 is 2.34. The Labute approximate surface area is 129 Å². The molecule has 18 heavy (non-hydrogen) atoms. The average molecular weight is 389 g/mol. The van der Waals surface area contributed by atoms with Crippen LogP contribution in [0.25, 0.3) is 0 Å². The number of thiophene rings is 1. The van der Waals surface area contributed by atoms with Crippen LogP contribution < -0.4 is 5.32 Å². The maximum absolute atomic E-state index is 3.56. The quantitative estimate of drug-likeness (QED) is 0.760. The van der Waals surface area contributed by atoms with E-state index in [1.807, 2.05) is 0 Å². The molecule has 0 aliphatic heterocycles. The summed E-state index contributed by atoms with van der Waals surface area (Å²) in [4.78, 5) is 1.36. The molecule has 0 amide bonds. The zero-order valence-electron chi connectivity index (χ0n) is 10.1. The Morgan fingerprint density at radius 1 is 1.17 bits per heavy atom. The molecule has 0 saturated carbocycles. The molecule has 0 aliphatic carbocycles. The Morgan fingerprint density at radius 2 is 1.89 bits per heavy atom. The minimum atomic E-state index is 0.472. The highest BCUT2D eigenvalue weighted by Gasteiger charge is 2.06. The van der Waals surface area contributed by atoms with Crippen molar-refractivity contribution in [1.29, 1.82) is 0 Å². The van der Waals surface area contributed by atoms with Gasteiger partial charge < -0.3 is 5.32 Å². The number of benzene rings is 1. The Kier molecular flexibility index (Phi) is 5.42. The van der Waals surface area contributed by atoms with E-state index in [2.05, 4.69) is 79.8 Å². The van der Waals surface area contributed by atoms with E-state index in [9.17, 15) is 0 Å². The topological polar surface area (TPSA) is 12.0 Å². The summed E-state index contributed by atoms with van der Waals surface area (Å²) in [5, 5.41) is 5.67. The van der Waals surface area contributed by atoms with Gasteiger partial charge in [-0.25, -0.2) is 0 Å². The van der Waals surface area contributed by atoms with Crippen LogP contribution in [-0.2, 0) is 13.0 Å². The van der Waals surface area contributed by atoms with Crippen LogP contribution in [0.3, 0.4) is 0 Å². The normalized spacial score (nSPS) is 12.6. The molecule has 0 spiro atoms. The van der Waals surface area contributed by atoms with Crippen molar-refractivity contribution < 1.29 is 0 Å². The summed E-state index contributed by atoms with van der Waals surface area (Å²) in [5.41, 5.74) is 1.36. The molecular formula is C14H15Br2NS. The Hall–Kier alpha value is -0.160. The van der Waals surface area contributed by atoms with Gasteiger partial charge in [0.1, 0.15) is 0 Å². The lowest BCUT2D eigenvalue weighted by molar-refractivity contribution is 0.548. The molecule has 0 fully saturated rings. The second kappa shape index (κ2) is 6.85. The van der Waals surface area contributed by atoms with Crippen LogP contribution in [0.4, 0.5) is 0 Å². The second-order valence-electron chi connectivity index (χ2n) is 4.30. The number of rotatable bonds is 5. The van der Waals surface area contributed by atoms with Crippen LogP contribution in [0.2, 0.25) is 0 Å². The molecule has 4 heteroatoms. The van der Waals surface area contributed by atoms with Gasteiger partial charge in [0.15, 0.2) is 0 Å². The minimum Gasteiger partial charge on any atom is -0.309 e. The van der Waals surface area contributed by atoms with Crippen molar-refractivity contribution in [2.45, 2.75) is 25.9 Å². The van der Waals surface area contributed by atoms with E-state index in [1.165, 1.54) is 14.9 Å². The molecule has 2 rings (SSSR count). The van der Waals surface area contributed by atoms with Crippen molar-refractivity contribution in [3.05, 3.63) is 55.1 Å². The van der Waals surface area contributed by atoms with Crippen molar-refractivity contribution in [1.82, 2.24) is 5.32 Å². The summed E-state index contributed by atoms with van der Waals surface area (Å²) in [6.45, 7) is 3.15. The summed E-state index contributed by atoms with van der Waals surface area (Å²) in [7, 11) is 0. The molecule has 0 aliphatic rings. The fraction of sp³-hybridized carbons (Fsp3) is 0.286. The molecule has 0 bridgehead atoms. The van der Waals surface area contributed by atoms with Gasteiger partial charge in [0, 0.05) is 26.4 Å². The van der Waals surface area contributed by atoms with E-state index in [-0.39, 0.29) is 0 Å². The number of nitrogens with one attached hydrogen (secondary N) is 1. The van der Waals surface area contributed by atoms with Crippen LogP contribution in [0.1, 0.15) is 17.4 Å². The minimum absolute atomic E-state index is 0.472. The molecule has 1 aromatic carbocycles. The van der Waals surface area contributed by atoms with E-state index in [1.54, 1.807) is 11.3 Å². The van der Waals surface area contributed by atoms with Crippen LogP contribution in [0, 0.1) is 0 Å². The molecule has 1 heterocycles. The SMILES string of the molecule is CC(Cc1ccc(Br)cc1)NCc1sccc1Br. The van der Waals surface area contributed by atoms with Gasteiger partial charge in [-0.3, -0.25) is 0 Å². The van der Waals surface area contributed by atoms with Gasteiger partial charge >= 0.3 is 0 Å². The first-order valence-corrected chi connectivity index (χ1v) is 8.31. The fourth-order valence-electron chi connectivity index (χ4n) is 1.76. The highest BCUT2D eigenvalue weighted by Crippen LogP contribution is 2.22. The van der Waals surface area contributed by atoms with Crippen molar-refractivity contribution >= 4 is 43.2 Å². The van der Waals surface area contributed by atoms with Crippen LogP contribution >= 0.6 is 43.2 Å². The lowest BCUT2D eigenvalue weighted by Gasteiger charge is -2.13. The van der Waals surface area contributed by atoms with E-state index in [4.69, 9.17) is 0 Å². The van der Waals surface area contributed by atoms with Gasteiger partial charge in [0.25, 0.3) is 0 Å². The van der Waals surface area contributed by atoms with Crippen LogP contribution in [-0.4, -0.2) is 6.04 Å². The largest absolute Gasteiger partial charge is 0.309 e. The van der Waals surface area contributed by atoms with Crippen molar-refractivity contribution in [2.24, 2.45) is 0 Å². The number of hydrogen-bond donors (Lipinski definition) is 1. The fourth-order valence-corrected chi connectivity index (χ4v) is 3.47. The zero-order valence-corrected chi connectivity index (χ0v) is 14.1. The van der Waals surface area contributed by atoms with Crippen LogP contribution in [0.5, 0.6) is 0 Å². The van der Waals surface area contributed by atoms with E-state index >= 15 is 0 Å². The molecule has 2 aromatic rings. The zero-order chi connectivity index (χ0) is 13.0. The average Bonchev–Trinajstić information content (AvgIpc) is 2.75. The Bertz CT molecular complexity index is 493. The van der Waals surface area contributed by atoms with E-state index in [0.717, 1.165) is 17.4 Å². The number of halogens is 2. The molecule has 1 atom stereocenters. The standard InChI is InChI=1S/C14H15Br2NS/c1-10(8-11-2-4-12(15)5-3-11)17-9-14-13(16)6-7-18-14/h2-7,10,17H,8-9H2,1H3. The van der Waals surface area contributed by atoms with Gasteiger partial charge in [-0.15, -0.1) is 11.3 Å². The van der Waals surface area contributed by atoms with Crippen molar-refractivity contribution in [3.63, 3.8) is 0 Å². The third-order valence-electron chi connectivity index (χ3n) is 2.76. The summed E-state index contributed by atoms with van der Waals surface area (Å²) in [5.74, 6) is 0.